The third-order valence-corrected chi connectivity index (χ3v) is 13.7. The molecule has 0 spiro atoms. The summed E-state index contributed by atoms with van der Waals surface area (Å²) in [7, 11) is 0. The van der Waals surface area contributed by atoms with E-state index in [9.17, 15) is 0 Å². The normalized spacial score (nSPS) is 13.4. The molecule has 11 aromatic carbocycles. The van der Waals surface area contributed by atoms with Gasteiger partial charge in [0.1, 0.15) is 0 Å². The van der Waals surface area contributed by atoms with Crippen molar-refractivity contribution in [3.8, 4) is 66.8 Å². The van der Waals surface area contributed by atoms with E-state index >= 15 is 0 Å². The van der Waals surface area contributed by atoms with Crippen LogP contribution in [0.2, 0.25) is 0 Å². The molecule has 0 heteroatoms. The Labute approximate surface area is 343 Å². The molecule has 59 heavy (non-hydrogen) atoms. The lowest BCUT2D eigenvalue weighted by atomic mass is 9.78. The first-order valence-electron chi connectivity index (χ1n) is 20.9. The number of hydrogen-bond acceptors (Lipinski definition) is 0. The van der Waals surface area contributed by atoms with Crippen molar-refractivity contribution in [2.24, 2.45) is 0 Å². The Hall–Kier alpha value is -7.28. The maximum absolute atomic E-state index is 2.48. The highest BCUT2D eigenvalue weighted by Gasteiger charge is 2.39. The summed E-state index contributed by atoms with van der Waals surface area (Å²) in [6.07, 6.45) is 0. The average molecular weight is 747 g/mol. The predicted molar refractivity (Wildman–Crippen MR) is 252 cm³/mol. The summed E-state index contributed by atoms with van der Waals surface area (Å²) in [6, 6.07) is 72.9. The molecule has 0 atom stereocenters. The largest absolute Gasteiger partial charge is 0.0622 e. The third-order valence-electron chi connectivity index (χ3n) is 13.7. The Bertz CT molecular complexity index is 3510. The van der Waals surface area contributed by atoms with Gasteiger partial charge in [-0.15, -0.1) is 0 Å². The molecule has 0 saturated carbocycles. The molecule has 0 aliphatic heterocycles. The fourth-order valence-electron chi connectivity index (χ4n) is 11.2. The summed E-state index contributed by atoms with van der Waals surface area (Å²) < 4.78 is 0. The van der Waals surface area contributed by atoms with Gasteiger partial charge in [-0.2, -0.15) is 0 Å². The zero-order valence-electron chi connectivity index (χ0n) is 33.0. The number of hydrogen-bond donors (Lipinski definition) is 0. The Balaban J connectivity index is 1.09. The van der Waals surface area contributed by atoms with Gasteiger partial charge in [0, 0.05) is 5.41 Å². The van der Waals surface area contributed by atoms with Crippen LogP contribution in [0.3, 0.4) is 0 Å². The molecule has 0 unspecified atom stereocenters. The van der Waals surface area contributed by atoms with E-state index in [1.54, 1.807) is 0 Å². The van der Waals surface area contributed by atoms with Crippen molar-refractivity contribution < 1.29 is 0 Å². The van der Waals surface area contributed by atoms with Crippen molar-refractivity contribution >= 4 is 53.9 Å². The Morgan fingerprint density at radius 2 is 0.814 bits per heavy atom. The van der Waals surface area contributed by atoms with Crippen molar-refractivity contribution in [2.75, 3.05) is 0 Å². The van der Waals surface area contributed by atoms with E-state index in [1.165, 1.54) is 132 Å². The molecule has 13 rings (SSSR count). The molecule has 0 amide bonds. The lowest BCUT2D eigenvalue weighted by Gasteiger charge is -2.24. The lowest BCUT2D eigenvalue weighted by molar-refractivity contribution is 0.667. The molecule has 0 nitrogen and oxygen atoms in total. The zero-order chi connectivity index (χ0) is 39.0. The van der Waals surface area contributed by atoms with Crippen molar-refractivity contribution in [1.82, 2.24) is 0 Å². The average Bonchev–Trinajstić information content (AvgIpc) is 3.74. The van der Waals surface area contributed by atoms with Gasteiger partial charge in [-0.05, 0) is 150 Å². The summed E-state index contributed by atoms with van der Waals surface area (Å²) in [4.78, 5) is 0. The quantitative estimate of drug-likeness (QED) is 0.158. The van der Waals surface area contributed by atoms with E-state index in [0.717, 1.165) is 0 Å². The zero-order valence-corrected chi connectivity index (χ0v) is 33.0. The fraction of sp³-hybridized carbons (Fsp3) is 0.0508. The van der Waals surface area contributed by atoms with Crippen molar-refractivity contribution in [3.63, 3.8) is 0 Å². The van der Waals surface area contributed by atoms with Crippen LogP contribution in [0.5, 0.6) is 0 Å². The van der Waals surface area contributed by atoms with Crippen LogP contribution >= 0.6 is 0 Å². The fourth-order valence-corrected chi connectivity index (χ4v) is 11.2. The van der Waals surface area contributed by atoms with E-state index < -0.39 is 0 Å². The van der Waals surface area contributed by atoms with Crippen LogP contribution in [-0.2, 0) is 5.41 Å². The van der Waals surface area contributed by atoms with E-state index in [1.807, 2.05) is 0 Å². The Morgan fingerprint density at radius 3 is 1.47 bits per heavy atom. The second kappa shape index (κ2) is 11.9. The van der Waals surface area contributed by atoms with Crippen LogP contribution in [0, 0.1) is 0 Å². The molecule has 0 N–H and O–H groups in total. The molecule has 11 aromatic rings. The van der Waals surface area contributed by atoms with Crippen molar-refractivity contribution in [2.45, 2.75) is 19.3 Å². The minimum absolute atomic E-state index is 0.150. The van der Waals surface area contributed by atoms with Gasteiger partial charge in [-0.25, -0.2) is 0 Å². The number of fused-ring (bicyclic) bond motifs is 13. The van der Waals surface area contributed by atoms with E-state index in [0.29, 0.717) is 0 Å². The molecule has 0 radical (unpaired) electrons. The first-order valence-corrected chi connectivity index (χ1v) is 20.9. The standard InChI is InChI=1S/C59H38/c1-59(2)51-34-38-21-10-9-20-37(38)32-50(51)55-43-23-12-11-22-41(43)49-33-39(28-29-46(49)58(55)59)40-30-31-48-54-42(40)26-15-27-47(54)56-52(35-16-5-3-6-17-35)44-24-13-14-25-45(44)53(57(48)56)36-18-7-4-8-19-36/h3-34H,1-2H3. The van der Waals surface area contributed by atoms with Crippen molar-refractivity contribution in [3.05, 3.63) is 205 Å². The van der Waals surface area contributed by atoms with Gasteiger partial charge in [-0.1, -0.05) is 190 Å². The minimum atomic E-state index is -0.150. The molecule has 2 aliphatic carbocycles. The molecule has 274 valence electrons. The van der Waals surface area contributed by atoms with Crippen LogP contribution in [0.15, 0.2) is 194 Å². The van der Waals surface area contributed by atoms with E-state index in [2.05, 4.69) is 208 Å². The second-order valence-corrected chi connectivity index (χ2v) is 17.1. The predicted octanol–water partition coefficient (Wildman–Crippen LogP) is 16.4. The summed E-state index contributed by atoms with van der Waals surface area (Å²) in [5.41, 5.74) is 18.4. The Morgan fingerprint density at radius 1 is 0.288 bits per heavy atom. The molecule has 0 saturated heterocycles. The highest BCUT2D eigenvalue weighted by atomic mass is 14.4. The summed E-state index contributed by atoms with van der Waals surface area (Å²) >= 11 is 0. The summed E-state index contributed by atoms with van der Waals surface area (Å²) in [5.74, 6) is 0. The smallest absolute Gasteiger partial charge is 0.0165 e. The second-order valence-electron chi connectivity index (χ2n) is 17.1. The van der Waals surface area contributed by atoms with E-state index in [4.69, 9.17) is 0 Å². The summed E-state index contributed by atoms with van der Waals surface area (Å²) in [5, 5.41) is 13.1. The Kier molecular flexibility index (Phi) is 6.60. The van der Waals surface area contributed by atoms with Crippen molar-refractivity contribution in [1.29, 1.82) is 0 Å². The molecule has 2 aliphatic rings. The maximum atomic E-state index is 2.48. The van der Waals surface area contributed by atoms with Gasteiger partial charge in [0.25, 0.3) is 0 Å². The number of benzene rings is 11. The topological polar surface area (TPSA) is 0 Å². The van der Waals surface area contributed by atoms with Crippen LogP contribution in [0.4, 0.5) is 0 Å². The molecule has 0 aromatic heterocycles. The van der Waals surface area contributed by atoms with Crippen LogP contribution in [0.25, 0.3) is 121 Å². The number of rotatable bonds is 3. The third kappa shape index (κ3) is 4.38. The van der Waals surface area contributed by atoms with Gasteiger partial charge in [-0.3, -0.25) is 0 Å². The molecule has 0 fully saturated rings. The SMILES string of the molecule is CC1(C)c2cc3ccccc3cc2-c2c1c1ccc(-c3ccc4c5c(cccc35)-c3c-4c(-c4ccccc4)c4ccccc4c3-c3ccccc3)cc1c1ccccc21. The lowest BCUT2D eigenvalue weighted by Crippen LogP contribution is -2.15. The van der Waals surface area contributed by atoms with Gasteiger partial charge in [0.2, 0.25) is 0 Å². The highest BCUT2D eigenvalue weighted by molar-refractivity contribution is 6.29. The molecular weight excluding hydrogens is 709 g/mol. The monoisotopic (exact) mass is 746 g/mol. The van der Waals surface area contributed by atoms with Gasteiger partial charge in [0.05, 0.1) is 0 Å². The summed E-state index contributed by atoms with van der Waals surface area (Å²) in [6.45, 7) is 4.85. The molecule has 0 heterocycles. The van der Waals surface area contributed by atoms with Crippen LogP contribution < -0.4 is 0 Å². The molecule has 0 bridgehead atoms. The maximum Gasteiger partial charge on any atom is 0.0165 e. The highest BCUT2D eigenvalue weighted by Crippen LogP contribution is 2.59. The van der Waals surface area contributed by atoms with Gasteiger partial charge >= 0.3 is 0 Å². The van der Waals surface area contributed by atoms with Gasteiger partial charge < -0.3 is 0 Å². The van der Waals surface area contributed by atoms with E-state index in [-0.39, 0.29) is 5.41 Å². The minimum Gasteiger partial charge on any atom is -0.0622 e. The first kappa shape index (κ1) is 32.8. The molecular formula is C59H38. The van der Waals surface area contributed by atoms with Gasteiger partial charge in [0.15, 0.2) is 0 Å². The van der Waals surface area contributed by atoms with Crippen LogP contribution in [-0.4, -0.2) is 0 Å². The first-order chi connectivity index (χ1) is 29.1. The van der Waals surface area contributed by atoms with Crippen LogP contribution in [0.1, 0.15) is 25.0 Å².